The predicted octanol–water partition coefficient (Wildman–Crippen LogP) is 4.77. The zero-order chi connectivity index (χ0) is 20.5. The van der Waals surface area contributed by atoms with E-state index >= 15 is 0 Å². The van der Waals surface area contributed by atoms with Crippen molar-refractivity contribution in [1.29, 1.82) is 0 Å². The third-order valence-electron chi connectivity index (χ3n) is 4.08. The van der Waals surface area contributed by atoms with Crippen LogP contribution in [0.5, 0.6) is 0 Å². The molecule has 0 unspecified atom stereocenters. The van der Waals surface area contributed by atoms with Gasteiger partial charge in [0.15, 0.2) is 9.84 Å². The molecule has 3 aromatic rings. The molecule has 0 radical (unpaired) electrons. The van der Waals surface area contributed by atoms with Gasteiger partial charge in [-0.1, -0.05) is 25.4 Å². The lowest BCUT2D eigenvalue weighted by molar-refractivity contribution is 0.102. The summed E-state index contributed by atoms with van der Waals surface area (Å²) in [7, 11) is -3.53. The minimum Gasteiger partial charge on any atom is -0.441 e. The number of benzene rings is 2. The van der Waals surface area contributed by atoms with Gasteiger partial charge in [0, 0.05) is 29.0 Å². The van der Waals surface area contributed by atoms with Crippen molar-refractivity contribution in [2.45, 2.75) is 24.7 Å². The number of sulfone groups is 1. The van der Waals surface area contributed by atoms with Crippen LogP contribution in [0, 0.1) is 0 Å². The number of nitrogens with zero attached hydrogens (tertiary/aromatic N) is 1. The van der Waals surface area contributed by atoms with Crippen molar-refractivity contribution in [1.82, 2.24) is 4.98 Å². The Hall–Kier alpha value is -2.64. The van der Waals surface area contributed by atoms with E-state index in [4.69, 9.17) is 16.0 Å². The van der Waals surface area contributed by atoms with Crippen LogP contribution >= 0.6 is 11.6 Å². The Kier molecular flexibility index (Phi) is 5.58. The number of oxazole rings is 1. The van der Waals surface area contributed by atoms with Crippen LogP contribution in [0.15, 0.2) is 58.0 Å². The number of carbonyl (C=O) groups excluding carboxylic acids is 1. The summed E-state index contributed by atoms with van der Waals surface area (Å²) in [6, 6.07) is 11.2. The number of hydrogen-bond donors (Lipinski definition) is 1. The average Bonchev–Trinajstić information content (AvgIpc) is 3.12. The number of hydrogen-bond acceptors (Lipinski definition) is 5. The molecule has 3 rings (SSSR count). The molecule has 1 N–H and O–H groups in total. The van der Waals surface area contributed by atoms with Crippen molar-refractivity contribution >= 4 is 33.0 Å². The molecule has 146 valence electrons. The van der Waals surface area contributed by atoms with Gasteiger partial charge in [-0.25, -0.2) is 13.4 Å². The molecule has 0 saturated carbocycles. The highest BCUT2D eigenvalue weighted by molar-refractivity contribution is 7.90. The van der Waals surface area contributed by atoms with Gasteiger partial charge in [0.2, 0.25) is 5.89 Å². The minimum absolute atomic E-state index is 0.0788. The predicted molar refractivity (Wildman–Crippen MR) is 109 cm³/mol. The van der Waals surface area contributed by atoms with E-state index < -0.39 is 15.7 Å². The fourth-order valence-corrected chi connectivity index (χ4v) is 3.82. The number of carbonyl (C=O) groups is 1. The summed E-state index contributed by atoms with van der Waals surface area (Å²) < 4.78 is 29.3. The Labute approximate surface area is 168 Å². The van der Waals surface area contributed by atoms with E-state index in [0.717, 1.165) is 17.6 Å². The van der Waals surface area contributed by atoms with E-state index in [1.54, 1.807) is 30.5 Å². The van der Waals surface area contributed by atoms with Crippen molar-refractivity contribution in [3.63, 3.8) is 0 Å². The summed E-state index contributed by atoms with van der Waals surface area (Å²) in [6.07, 6.45) is 2.75. The van der Waals surface area contributed by atoms with Gasteiger partial charge in [0.1, 0.15) is 5.76 Å². The molecule has 0 bridgehead atoms. The standard InChI is InChI=1S/C20H19ClN2O4S/c1-12(2)17-11-22-20(27-17)13-4-7-15(8-5-13)23-19(24)14-6-9-16(21)18(10-14)28(3,25)26/h4-12H,1-3H3,(H,23,24). The first-order valence-corrected chi connectivity index (χ1v) is 10.8. The van der Waals surface area contributed by atoms with Gasteiger partial charge >= 0.3 is 0 Å². The molecule has 0 fully saturated rings. The lowest BCUT2D eigenvalue weighted by Gasteiger charge is -2.08. The second-order valence-electron chi connectivity index (χ2n) is 6.67. The van der Waals surface area contributed by atoms with Crippen LogP contribution in [0.3, 0.4) is 0 Å². The maximum Gasteiger partial charge on any atom is 0.255 e. The molecule has 0 aliphatic rings. The van der Waals surface area contributed by atoms with Crippen LogP contribution in [-0.4, -0.2) is 25.6 Å². The molecule has 6 nitrogen and oxygen atoms in total. The zero-order valence-electron chi connectivity index (χ0n) is 15.6. The Morgan fingerprint density at radius 3 is 2.39 bits per heavy atom. The van der Waals surface area contributed by atoms with E-state index in [1.807, 2.05) is 13.8 Å². The largest absolute Gasteiger partial charge is 0.441 e. The number of rotatable bonds is 5. The first kappa shape index (κ1) is 20.1. The molecule has 0 aliphatic carbocycles. The van der Waals surface area contributed by atoms with E-state index in [-0.39, 0.29) is 21.4 Å². The zero-order valence-corrected chi connectivity index (χ0v) is 17.1. The van der Waals surface area contributed by atoms with E-state index in [1.165, 1.54) is 18.2 Å². The molecule has 0 spiro atoms. The fourth-order valence-electron chi connectivity index (χ4n) is 2.52. The molecule has 0 saturated heterocycles. The molecular weight excluding hydrogens is 400 g/mol. The van der Waals surface area contributed by atoms with Gasteiger partial charge in [-0.3, -0.25) is 4.79 Å². The van der Waals surface area contributed by atoms with Crippen LogP contribution in [0.2, 0.25) is 5.02 Å². The normalized spacial score (nSPS) is 11.6. The summed E-state index contributed by atoms with van der Waals surface area (Å²) in [6.45, 7) is 4.05. The number of aromatic nitrogens is 1. The molecule has 1 aromatic heterocycles. The first-order valence-electron chi connectivity index (χ1n) is 8.52. The number of nitrogens with one attached hydrogen (secondary N) is 1. The van der Waals surface area contributed by atoms with Gasteiger partial charge in [-0.15, -0.1) is 0 Å². The first-order chi connectivity index (χ1) is 13.1. The van der Waals surface area contributed by atoms with Crippen LogP contribution < -0.4 is 5.32 Å². The topological polar surface area (TPSA) is 89.3 Å². The molecule has 0 aliphatic heterocycles. The third kappa shape index (κ3) is 4.43. The summed E-state index contributed by atoms with van der Waals surface area (Å²) >= 11 is 5.92. The second-order valence-corrected chi connectivity index (χ2v) is 9.06. The highest BCUT2D eigenvalue weighted by Gasteiger charge is 2.16. The summed E-state index contributed by atoms with van der Waals surface area (Å²) in [5.74, 6) is 1.12. The number of amides is 1. The average molecular weight is 419 g/mol. The molecule has 1 heterocycles. The summed E-state index contributed by atoms with van der Waals surface area (Å²) in [5.41, 5.74) is 1.54. The van der Waals surface area contributed by atoms with Crippen LogP contribution in [0.4, 0.5) is 5.69 Å². The summed E-state index contributed by atoms with van der Waals surface area (Å²) in [5, 5.41) is 2.81. The third-order valence-corrected chi connectivity index (χ3v) is 5.65. The molecular formula is C20H19ClN2O4S. The highest BCUT2D eigenvalue weighted by Crippen LogP contribution is 2.26. The highest BCUT2D eigenvalue weighted by atomic mass is 35.5. The SMILES string of the molecule is CC(C)c1cnc(-c2ccc(NC(=O)c3ccc(Cl)c(S(C)(=O)=O)c3)cc2)o1. The quantitative estimate of drug-likeness (QED) is 0.644. The van der Waals surface area contributed by atoms with Crippen molar-refractivity contribution in [3.05, 3.63) is 65.0 Å². The van der Waals surface area contributed by atoms with Gasteiger partial charge < -0.3 is 9.73 Å². The summed E-state index contributed by atoms with van der Waals surface area (Å²) in [4.78, 5) is 16.6. The van der Waals surface area contributed by atoms with Crippen LogP contribution in [0.25, 0.3) is 11.5 Å². The molecule has 1 amide bonds. The van der Waals surface area contributed by atoms with Gasteiger partial charge in [-0.2, -0.15) is 0 Å². The molecule has 8 heteroatoms. The smallest absolute Gasteiger partial charge is 0.255 e. The van der Waals surface area contributed by atoms with Crippen LogP contribution in [0.1, 0.15) is 35.9 Å². The Bertz CT molecular complexity index is 1120. The van der Waals surface area contributed by atoms with E-state index in [9.17, 15) is 13.2 Å². The van der Waals surface area contributed by atoms with Gasteiger partial charge in [0.05, 0.1) is 16.1 Å². The van der Waals surface area contributed by atoms with Crippen LogP contribution in [-0.2, 0) is 9.84 Å². The van der Waals surface area contributed by atoms with Crippen molar-refractivity contribution < 1.29 is 17.6 Å². The lowest BCUT2D eigenvalue weighted by Crippen LogP contribution is -2.13. The monoisotopic (exact) mass is 418 g/mol. The Morgan fingerprint density at radius 1 is 1.14 bits per heavy atom. The minimum atomic E-state index is -3.53. The number of anilines is 1. The number of halogens is 1. The fraction of sp³-hybridized carbons (Fsp3) is 0.200. The lowest BCUT2D eigenvalue weighted by atomic mass is 10.2. The molecule has 0 atom stereocenters. The van der Waals surface area contributed by atoms with Crippen molar-refractivity contribution in [2.24, 2.45) is 0 Å². The maximum absolute atomic E-state index is 12.5. The Morgan fingerprint density at radius 2 is 1.82 bits per heavy atom. The Balaban J connectivity index is 1.78. The van der Waals surface area contributed by atoms with Gasteiger partial charge in [0.25, 0.3) is 5.91 Å². The van der Waals surface area contributed by atoms with E-state index in [2.05, 4.69) is 10.3 Å². The molecule has 2 aromatic carbocycles. The van der Waals surface area contributed by atoms with Gasteiger partial charge in [-0.05, 0) is 42.5 Å². The van der Waals surface area contributed by atoms with Crippen molar-refractivity contribution in [2.75, 3.05) is 11.6 Å². The second kappa shape index (κ2) is 7.77. The maximum atomic E-state index is 12.5. The van der Waals surface area contributed by atoms with E-state index in [0.29, 0.717) is 11.6 Å². The molecule has 28 heavy (non-hydrogen) atoms. The van der Waals surface area contributed by atoms with Crippen molar-refractivity contribution in [3.8, 4) is 11.5 Å².